The van der Waals surface area contributed by atoms with Crippen molar-refractivity contribution in [2.75, 3.05) is 52.4 Å². The molecule has 1 N–H and O–H groups in total. The van der Waals surface area contributed by atoms with Crippen LogP contribution in [-0.2, 0) is 9.53 Å². The van der Waals surface area contributed by atoms with Gasteiger partial charge < -0.3 is 15.0 Å². The van der Waals surface area contributed by atoms with Crippen molar-refractivity contribution in [2.45, 2.75) is 26.8 Å². The van der Waals surface area contributed by atoms with Gasteiger partial charge in [-0.2, -0.15) is 0 Å². The molecular formula is C22H32N4O3. The molecule has 7 nitrogen and oxygen atoms in total. The Kier molecular flexibility index (Phi) is 7.28. The number of piperazine rings is 1. The van der Waals surface area contributed by atoms with Gasteiger partial charge in [-0.05, 0) is 26.0 Å². The summed E-state index contributed by atoms with van der Waals surface area (Å²) in [5.41, 5.74) is 2.18. The van der Waals surface area contributed by atoms with Crippen LogP contribution in [0.4, 0.5) is 4.79 Å². The van der Waals surface area contributed by atoms with Crippen LogP contribution in [0.15, 0.2) is 41.6 Å². The fraction of sp³-hybridized carbons (Fsp3) is 0.545. The molecule has 0 saturated carbocycles. The zero-order chi connectivity index (χ0) is 20.8. The molecule has 2 aliphatic rings. The Morgan fingerprint density at radius 2 is 1.69 bits per heavy atom. The van der Waals surface area contributed by atoms with Gasteiger partial charge in [0.15, 0.2) is 0 Å². The van der Waals surface area contributed by atoms with Gasteiger partial charge >= 0.3 is 12.0 Å². The lowest BCUT2D eigenvalue weighted by atomic mass is 9.94. The molecule has 1 fully saturated rings. The number of ether oxygens (including phenoxy) is 1. The Labute approximate surface area is 173 Å². The summed E-state index contributed by atoms with van der Waals surface area (Å²) in [4.78, 5) is 32.3. The molecule has 1 aromatic carbocycles. The molecule has 1 saturated heterocycles. The highest BCUT2D eigenvalue weighted by atomic mass is 16.5. The van der Waals surface area contributed by atoms with Crippen molar-refractivity contribution in [1.29, 1.82) is 0 Å². The number of carbonyl (C=O) groups is 2. The van der Waals surface area contributed by atoms with Gasteiger partial charge in [0, 0.05) is 45.0 Å². The molecule has 7 heteroatoms. The number of nitrogens with zero attached hydrogens (tertiary/aromatic N) is 3. The highest BCUT2D eigenvalue weighted by Crippen LogP contribution is 2.32. The first-order valence-electron chi connectivity index (χ1n) is 10.6. The Morgan fingerprint density at radius 3 is 2.28 bits per heavy atom. The number of amides is 2. The van der Waals surface area contributed by atoms with Crippen molar-refractivity contribution in [2.24, 2.45) is 0 Å². The van der Waals surface area contributed by atoms with E-state index in [9.17, 15) is 9.59 Å². The summed E-state index contributed by atoms with van der Waals surface area (Å²) < 4.78 is 5.41. The van der Waals surface area contributed by atoms with Crippen molar-refractivity contribution in [3.05, 3.63) is 47.2 Å². The fourth-order valence-electron chi connectivity index (χ4n) is 4.03. The maximum atomic E-state index is 13.0. The Bertz CT molecular complexity index is 742. The zero-order valence-electron chi connectivity index (χ0n) is 17.7. The Balaban J connectivity index is 1.99. The van der Waals surface area contributed by atoms with Crippen LogP contribution in [0.5, 0.6) is 0 Å². The van der Waals surface area contributed by atoms with E-state index in [1.807, 2.05) is 37.3 Å². The number of likely N-dealkylation sites (N-methyl/N-ethyl adjacent to an activating group) is 2. The van der Waals surface area contributed by atoms with Gasteiger partial charge in [-0.15, -0.1) is 0 Å². The van der Waals surface area contributed by atoms with Crippen LogP contribution < -0.4 is 5.32 Å². The normalized spacial score (nSPS) is 21.3. The number of hydrogen-bond acceptors (Lipinski definition) is 5. The van der Waals surface area contributed by atoms with E-state index in [2.05, 4.69) is 22.0 Å². The molecule has 0 bridgehead atoms. The van der Waals surface area contributed by atoms with Crippen LogP contribution in [-0.4, -0.2) is 79.1 Å². The highest BCUT2D eigenvalue weighted by molar-refractivity contribution is 5.95. The second-order valence-corrected chi connectivity index (χ2v) is 7.33. The number of rotatable bonds is 7. The predicted octanol–water partition coefficient (Wildman–Crippen LogP) is 2.23. The minimum absolute atomic E-state index is 0.170. The molecule has 2 amide bonds. The van der Waals surface area contributed by atoms with Gasteiger partial charge in [0.25, 0.3) is 0 Å². The van der Waals surface area contributed by atoms with E-state index in [-0.39, 0.29) is 12.0 Å². The van der Waals surface area contributed by atoms with Gasteiger partial charge in [0.1, 0.15) is 0 Å². The van der Waals surface area contributed by atoms with E-state index in [0.29, 0.717) is 25.3 Å². The number of benzene rings is 1. The summed E-state index contributed by atoms with van der Waals surface area (Å²) in [5.74, 6) is -0.359. The smallest absolute Gasteiger partial charge is 0.338 e. The molecule has 158 valence electrons. The van der Waals surface area contributed by atoms with Crippen molar-refractivity contribution in [3.8, 4) is 0 Å². The van der Waals surface area contributed by atoms with E-state index < -0.39 is 6.04 Å². The predicted molar refractivity (Wildman–Crippen MR) is 112 cm³/mol. The maximum Gasteiger partial charge on any atom is 0.338 e. The molecular weight excluding hydrogens is 368 g/mol. The monoisotopic (exact) mass is 400 g/mol. The number of carbonyl (C=O) groups excluding carboxylic acids is 2. The van der Waals surface area contributed by atoms with Crippen LogP contribution in [0.25, 0.3) is 0 Å². The standard InChI is InChI=1S/C22H32N4O3/c1-4-24-12-14-25(15-13-24)16-18-19(21(27)29-6-3)20(17-10-8-7-9-11-17)23-22(28)26(18)5-2/h7-11,20H,4-6,12-16H2,1-3H3,(H,23,28). The molecule has 0 spiro atoms. The molecule has 2 heterocycles. The molecule has 0 aliphatic carbocycles. The lowest BCUT2D eigenvalue weighted by molar-refractivity contribution is -0.139. The summed E-state index contributed by atoms with van der Waals surface area (Å²) in [5, 5.41) is 3.01. The average Bonchev–Trinajstić information content (AvgIpc) is 2.75. The second kappa shape index (κ2) is 9.89. The Hall–Kier alpha value is -2.38. The third kappa shape index (κ3) is 4.79. The number of urea groups is 1. The van der Waals surface area contributed by atoms with E-state index in [4.69, 9.17) is 4.74 Å². The molecule has 1 atom stereocenters. The zero-order valence-corrected chi connectivity index (χ0v) is 17.7. The first kappa shape index (κ1) is 21.3. The maximum absolute atomic E-state index is 13.0. The highest BCUT2D eigenvalue weighted by Gasteiger charge is 2.38. The van der Waals surface area contributed by atoms with E-state index >= 15 is 0 Å². The summed E-state index contributed by atoms with van der Waals surface area (Å²) in [6, 6.07) is 8.95. The first-order valence-corrected chi connectivity index (χ1v) is 10.6. The summed E-state index contributed by atoms with van der Waals surface area (Å²) >= 11 is 0. The van der Waals surface area contributed by atoms with Crippen LogP contribution in [0, 0.1) is 0 Å². The molecule has 2 aliphatic heterocycles. The average molecular weight is 401 g/mol. The van der Waals surface area contributed by atoms with Crippen LogP contribution >= 0.6 is 0 Å². The van der Waals surface area contributed by atoms with Crippen molar-refractivity contribution in [3.63, 3.8) is 0 Å². The van der Waals surface area contributed by atoms with Gasteiger partial charge in [0.2, 0.25) is 0 Å². The largest absolute Gasteiger partial charge is 0.463 e. The van der Waals surface area contributed by atoms with Crippen LogP contribution in [0.3, 0.4) is 0 Å². The summed E-state index contributed by atoms with van der Waals surface area (Å²) in [6.45, 7) is 12.2. The van der Waals surface area contributed by atoms with Gasteiger partial charge in [-0.1, -0.05) is 37.3 Å². The van der Waals surface area contributed by atoms with Crippen molar-refractivity contribution >= 4 is 12.0 Å². The second-order valence-electron chi connectivity index (χ2n) is 7.33. The van der Waals surface area contributed by atoms with E-state index in [1.54, 1.807) is 11.8 Å². The molecule has 1 unspecified atom stereocenters. The quantitative estimate of drug-likeness (QED) is 0.711. The van der Waals surface area contributed by atoms with E-state index in [1.165, 1.54) is 0 Å². The lowest BCUT2D eigenvalue weighted by Gasteiger charge is -2.40. The Morgan fingerprint density at radius 1 is 1.03 bits per heavy atom. The first-order chi connectivity index (χ1) is 14.1. The van der Waals surface area contributed by atoms with Crippen LogP contribution in [0.1, 0.15) is 32.4 Å². The number of nitrogens with one attached hydrogen (secondary N) is 1. The van der Waals surface area contributed by atoms with E-state index in [0.717, 1.165) is 44.0 Å². The van der Waals surface area contributed by atoms with Crippen molar-refractivity contribution < 1.29 is 14.3 Å². The summed E-state index contributed by atoms with van der Waals surface area (Å²) in [7, 11) is 0. The molecule has 3 rings (SSSR count). The van der Waals surface area contributed by atoms with Crippen LogP contribution in [0.2, 0.25) is 0 Å². The number of esters is 1. The topological polar surface area (TPSA) is 65.1 Å². The molecule has 29 heavy (non-hydrogen) atoms. The van der Waals surface area contributed by atoms with Crippen molar-refractivity contribution in [1.82, 2.24) is 20.0 Å². The third-order valence-corrected chi connectivity index (χ3v) is 5.67. The third-order valence-electron chi connectivity index (χ3n) is 5.67. The minimum Gasteiger partial charge on any atom is -0.463 e. The van der Waals surface area contributed by atoms with Gasteiger partial charge in [0.05, 0.1) is 18.2 Å². The molecule has 1 aromatic rings. The van der Waals surface area contributed by atoms with Gasteiger partial charge in [-0.25, -0.2) is 9.59 Å². The SMILES string of the molecule is CCOC(=O)C1=C(CN2CCN(CC)CC2)N(CC)C(=O)NC1c1ccccc1. The summed E-state index contributed by atoms with van der Waals surface area (Å²) in [6.07, 6.45) is 0. The van der Waals surface area contributed by atoms with Gasteiger partial charge in [-0.3, -0.25) is 9.80 Å². The number of hydrogen-bond donors (Lipinski definition) is 1. The molecule has 0 aromatic heterocycles. The fourth-order valence-corrected chi connectivity index (χ4v) is 4.03. The minimum atomic E-state index is -0.502. The molecule has 0 radical (unpaired) electrons. The lowest BCUT2D eigenvalue weighted by Crippen LogP contribution is -2.53.